The van der Waals surface area contributed by atoms with Crippen molar-refractivity contribution in [2.45, 2.75) is 64.3 Å². The van der Waals surface area contributed by atoms with Crippen LogP contribution in [0.4, 0.5) is 0 Å². The van der Waals surface area contributed by atoms with Crippen molar-refractivity contribution in [1.29, 1.82) is 0 Å². The molecule has 5 heteroatoms. The van der Waals surface area contributed by atoms with Crippen LogP contribution < -0.4 is 16.0 Å². The lowest BCUT2D eigenvalue weighted by atomic mass is 9.67. The van der Waals surface area contributed by atoms with Crippen LogP contribution in [0, 0.1) is 5.41 Å². The van der Waals surface area contributed by atoms with E-state index in [2.05, 4.69) is 27.9 Å². The molecule has 2 aliphatic rings. The normalized spacial score (nSPS) is 20.6. The lowest BCUT2D eigenvalue weighted by Crippen LogP contribution is -2.46. The van der Waals surface area contributed by atoms with Gasteiger partial charge in [-0.2, -0.15) is 0 Å². The van der Waals surface area contributed by atoms with Gasteiger partial charge in [0.25, 0.3) is 0 Å². The molecule has 0 spiro atoms. The molecule has 2 fully saturated rings. The van der Waals surface area contributed by atoms with Crippen molar-refractivity contribution >= 4 is 11.9 Å². The van der Waals surface area contributed by atoms with E-state index in [9.17, 15) is 4.79 Å². The summed E-state index contributed by atoms with van der Waals surface area (Å²) >= 11 is 0. The van der Waals surface area contributed by atoms with Crippen molar-refractivity contribution in [3.05, 3.63) is 0 Å². The van der Waals surface area contributed by atoms with Gasteiger partial charge in [-0.05, 0) is 43.9 Å². The molecule has 0 aromatic rings. The van der Waals surface area contributed by atoms with Crippen LogP contribution >= 0.6 is 0 Å². The summed E-state index contributed by atoms with van der Waals surface area (Å²) in [6, 6.07) is 0.465. The van der Waals surface area contributed by atoms with Crippen LogP contribution in [0.15, 0.2) is 4.99 Å². The van der Waals surface area contributed by atoms with Gasteiger partial charge in [0.15, 0.2) is 5.96 Å². The summed E-state index contributed by atoms with van der Waals surface area (Å²) in [7, 11) is 1.80. The lowest BCUT2D eigenvalue weighted by molar-refractivity contribution is -0.121. The Morgan fingerprint density at radius 1 is 1.29 bits per heavy atom. The van der Waals surface area contributed by atoms with Crippen LogP contribution in [0.2, 0.25) is 0 Å². The van der Waals surface area contributed by atoms with E-state index in [-0.39, 0.29) is 5.91 Å². The van der Waals surface area contributed by atoms with Gasteiger partial charge in [0.2, 0.25) is 5.91 Å². The molecule has 120 valence electrons. The van der Waals surface area contributed by atoms with Crippen molar-refractivity contribution < 1.29 is 4.79 Å². The van der Waals surface area contributed by atoms with Gasteiger partial charge in [0, 0.05) is 32.6 Å². The molecule has 0 bridgehead atoms. The molecule has 0 aromatic carbocycles. The molecule has 0 unspecified atom stereocenters. The first-order valence-electron chi connectivity index (χ1n) is 8.41. The SMILES string of the molecule is CCC1(CNC(=NC)NCCCC(=O)NC2CC2)CCC1. The fourth-order valence-electron chi connectivity index (χ4n) is 2.81. The molecule has 0 atom stereocenters. The number of aliphatic imine (C=N–C) groups is 1. The zero-order valence-corrected chi connectivity index (χ0v) is 13.5. The molecule has 2 saturated carbocycles. The van der Waals surface area contributed by atoms with E-state index in [4.69, 9.17) is 0 Å². The Bertz CT molecular complexity index is 367. The summed E-state index contributed by atoms with van der Waals surface area (Å²) in [5.41, 5.74) is 0.488. The molecule has 2 aliphatic carbocycles. The number of carbonyl (C=O) groups excluding carboxylic acids is 1. The summed E-state index contributed by atoms with van der Waals surface area (Å²) < 4.78 is 0. The van der Waals surface area contributed by atoms with Crippen molar-refractivity contribution in [3.8, 4) is 0 Å². The van der Waals surface area contributed by atoms with Crippen LogP contribution in [-0.4, -0.2) is 38.0 Å². The van der Waals surface area contributed by atoms with Crippen LogP contribution in [-0.2, 0) is 4.79 Å². The Balaban J connectivity index is 1.55. The molecular weight excluding hydrogens is 264 g/mol. The highest BCUT2D eigenvalue weighted by Crippen LogP contribution is 2.42. The second-order valence-electron chi connectivity index (χ2n) is 6.50. The number of rotatable bonds is 8. The quantitative estimate of drug-likeness (QED) is 0.363. The van der Waals surface area contributed by atoms with Crippen molar-refractivity contribution in [2.75, 3.05) is 20.1 Å². The minimum absolute atomic E-state index is 0.182. The van der Waals surface area contributed by atoms with E-state index in [0.717, 1.165) is 38.3 Å². The van der Waals surface area contributed by atoms with Gasteiger partial charge in [-0.3, -0.25) is 9.79 Å². The highest BCUT2D eigenvalue weighted by Gasteiger charge is 2.34. The number of carbonyl (C=O) groups is 1. The van der Waals surface area contributed by atoms with Crippen LogP contribution in [0.25, 0.3) is 0 Å². The van der Waals surface area contributed by atoms with E-state index < -0.39 is 0 Å². The third-order valence-corrected chi connectivity index (χ3v) is 4.83. The van der Waals surface area contributed by atoms with Crippen molar-refractivity contribution in [1.82, 2.24) is 16.0 Å². The van der Waals surface area contributed by atoms with E-state index in [1.165, 1.54) is 25.7 Å². The van der Waals surface area contributed by atoms with Gasteiger partial charge in [-0.1, -0.05) is 13.3 Å². The lowest BCUT2D eigenvalue weighted by Gasteiger charge is -2.41. The predicted octanol–water partition coefficient (Wildman–Crippen LogP) is 1.79. The summed E-state index contributed by atoms with van der Waals surface area (Å²) in [5, 5.41) is 9.74. The summed E-state index contributed by atoms with van der Waals surface area (Å²) in [4.78, 5) is 15.8. The average Bonchev–Trinajstić information content (AvgIpc) is 3.24. The molecule has 0 saturated heterocycles. The van der Waals surface area contributed by atoms with Gasteiger partial charge in [-0.15, -0.1) is 0 Å². The molecular formula is C16H30N4O. The van der Waals surface area contributed by atoms with Gasteiger partial charge >= 0.3 is 0 Å². The number of amides is 1. The molecule has 0 radical (unpaired) electrons. The number of guanidine groups is 1. The van der Waals surface area contributed by atoms with Crippen molar-refractivity contribution in [3.63, 3.8) is 0 Å². The first-order valence-corrected chi connectivity index (χ1v) is 8.41. The molecule has 21 heavy (non-hydrogen) atoms. The Hall–Kier alpha value is -1.26. The fourth-order valence-corrected chi connectivity index (χ4v) is 2.81. The molecule has 0 aliphatic heterocycles. The number of hydrogen-bond acceptors (Lipinski definition) is 2. The number of hydrogen-bond donors (Lipinski definition) is 3. The van der Waals surface area contributed by atoms with Crippen LogP contribution in [0.3, 0.4) is 0 Å². The minimum atomic E-state index is 0.182. The standard InChI is InChI=1S/C16H30N4O/c1-3-16(9-5-10-16)12-19-15(17-2)18-11-4-6-14(21)20-13-7-8-13/h13H,3-12H2,1-2H3,(H,20,21)(H2,17,18,19). The highest BCUT2D eigenvalue weighted by atomic mass is 16.1. The van der Waals surface area contributed by atoms with Gasteiger partial charge in [-0.25, -0.2) is 0 Å². The molecule has 3 N–H and O–H groups in total. The molecule has 0 heterocycles. The summed E-state index contributed by atoms with van der Waals surface area (Å²) in [5.74, 6) is 1.04. The van der Waals surface area contributed by atoms with E-state index >= 15 is 0 Å². The molecule has 2 rings (SSSR count). The maximum atomic E-state index is 11.6. The van der Waals surface area contributed by atoms with Crippen LogP contribution in [0.1, 0.15) is 58.3 Å². The van der Waals surface area contributed by atoms with Gasteiger partial charge < -0.3 is 16.0 Å². The Kier molecular flexibility index (Phi) is 5.88. The van der Waals surface area contributed by atoms with Gasteiger partial charge in [0.05, 0.1) is 0 Å². The third-order valence-electron chi connectivity index (χ3n) is 4.83. The fraction of sp³-hybridized carbons (Fsp3) is 0.875. The van der Waals surface area contributed by atoms with E-state index in [1.54, 1.807) is 7.05 Å². The first-order chi connectivity index (χ1) is 10.2. The largest absolute Gasteiger partial charge is 0.356 e. The second kappa shape index (κ2) is 7.66. The molecule has 5 nitrogen and oxygen atoms in total. The third kappa shape index (κ3) is 5.21. The maximum Gasteiger partial charge on any atom is 0.220 e. The molecule has 0 aromatic heterocycles. The first kappa shape index (κ1) is 16.1. The zero-order valence-electron chi connectivity index (χ0n) is 13.5. The monoisotopic (exact) mass is 294 g/mol. The van der Waals surface area contributed by atoms with E-state index in [0.29, 0.717) is 17.9 Å². The van der Waals surface area contributed by atoms with E-state index in [1.807, 2.05) is 0 Å². The topological polar surface area (TPSA) is 65.5 Å². The Morgan fingerprint density at radius 3 is 2.57 bits per heavy atom. The Labute approximate surface area is 128 Å². The van der Waals surface area contributed by atoms with Crippen molar-refractivity contribution in [2.24, 2.45) is 10.4 Å². The van der Waals surface area contributed by atoms with Gasteiger partial charge in [0.1, 0.15) is 0 Å². The maximum absolute atomic E-state index is 11.6. The highest BCUT2D eigenvalue weighted by molar-refractivity contribution is 5.80. The number of nitrogens with one attached hydrogen (secondary N) is 3. The predicted molar refractivity (Wildman–Crippen MR) is 86.3 cm³/mol. The zero-order chi connectivity index (χ0) is 15.1. The minimum Gasteiger partial charge on any atom is -0.356 e. The summed E-state index contributed by atoms with van der Waals surface area (Å²) in [6.45, 7) is 4.07. The number of nitrogens with zero attached hydrogens (tertiary/aromatic N) is 1. The molecule has 1 amide bonds. The average molecular weight is 294 g/mol. The smallest absolute Gasteiger partial charge is 0.220 e. The second-order valence-corrected chi connectivity index (χ2v) is 6.50. The Morgan fingerprint density at radius 2 is 2.05 bits per heavy atom. The van der Waals surface area contributed by atoms with Crippen LogP contribution in [0.5, 0.6) is 0 Å². The summed E-state index contributed by atoms with van der Waals surface area (Å²) in [6.07, 6.45) is 9.00.